The Labute approximate surface area is 110 Å². The molecule has 0 aliphatic heterocycles. The van der Waals surface area contributed by atoms with Gasteiger partial charge in [0.05, 0.1) is 24.8 Å². The lowest BCUT2D eigenvalue weighted by molar-refractivity contribution is -0.144. The van der Waals surface area contributed by atoms with Gasteiger partial charge in [-0.15, -0.1) is 0 Å². The predicted molar refractivity (Wildman–Crippen MR) is 69.7 cm³/mol. The Morgan fingerprint density at radius 1 is 1.47 bits per heavy atom. The van der Waals surface area contributed by atoms with Crippen molar-refractivity contribution >= 4 is 17.0 Å². The van der Waals surface area contributed by atoms with Gasteiger partial charge in [-0.1, -0.05) is 12.1 Å². The minimum absolute atomic E-state index is 0.0185. The Kier molecular flexibility index (Phi) is 2.78. The maximum Gasteiger partial charge on any atom is 0.319 e. The summed E-state index contributed by atoms with van der Waals surface area (Å²) in [6, 6.07) is 7.72. The molecule has 1 aliphatic carbocycles. The van der Waals surface area contributed by atoms with Crippen LogP contribution in [0, 0.1) is 0 Å². The van der Waals surface area contributed by atoms with Gasteiger partial charge in [-0.25, -0.2) is 4.98 Å². The number of hydrogen-bond donors (Lipinski definition) is 1. The molecule has 1 aromatic carbocycles. The van der Waals surface area contributed by atoms with Crippen molar-refractivity contribution in [3.05, 3.63) is 30.1 Å². The molecule has 0 radical (unpaired) electrons. The van der Waals surface area contributed by atoms with E-state index in [2.05, 4.69) is 4.98 Å². The summed E-state index contributed by atoms with van der Waals surface area (Å²) in [6.07, 6.45) is 1.52. The predicted octanol–water partition coefficient (Wildman–Crippen LogP) is 1.23. The van der Waals surface area contributed by atoms with Gasteiger partial charge in [0, 0.05) is 6.54 Å². The number of aromatic nitrogens is 2. The van der Waals surface area contributed by atoms with Crippen molar-refractivity contribution in [2.24, 2.45) is 0 Å². The second-order valence-corrected chi connectivity index (χ2v) is 4.87. The van der Waals surface area contributed by atoms with Gasteiger partial charge in [-0.2, -0.15) is 0 Å². The van der Waals surface area contributed by atoms with Crippen LogP contribution in [-0.4, -0.2) is 34.3 Å². The zero-order valence-corrected chi connectivity index (χ0v) is 10.8. The van der Waals surface area contributed by atoms with Crippen LogP contribution < -0.4 is 0 Å². The highest BCUT2D eigenvalue weighted by molar-refractivity contribution is 5.87. The van der Waals surface area contributed by atoms with Crippen LogP contribution in [0.5, 0.6) is 0 Å². The number of aliphatic hydroxyl groups is 1. The summed E-state index contributed by atoms with van der Waals surface area (Å²) in [7, 11) is 1.40. The molecular weight excluding hydrogens is 244 g/mol. The average molecular weight is 260 g/mol. The van der Waals surface area contributed by atoms with Crippen molar-refractivity contribution in [1.82, 2.24) is 9.55 Å². The Morgan fingerprint density at radius 3 is 2.84 bits per heavy atom. The molecule has 5 heteroatoms. The topological polar surface area (TPSA) is 64.3 Å². The van der Waals surface area contributed by atoms with E-state index in [1.54, 1.807) is 0 Å². The van der Waals surface area contributed by atoms with E-state index in [4.69, 9.17) is 4.74 Å². The van der Waals surface area contributed by atoms with Crippen LogP contribution in [0.15, 0.2) is 24.3 Å². The number of aliphatic hydroxyl groups excluding tert-OH is 1. The minimum atomic E-state index is -0.608. The maximum absolute atomic E-state index is 12.0. The lowest BCUT2D eigenvalue weighted by Gasteiger charge is -2.14. The third kappa shape index (κ3) is 1.73. The van der Waals surface area contributed by atoms with Gasteiger partial charge >= 0.3 is 5.97 Å². The highest BCUT2D eigenvalue weighted by Gasteiger charge is 2.56. The second kappa shape index (κ2) is 4.35. The SMILES string of the molecule is COC(=O)C1(c2nc3ccccc3n2CCO)CC1. The smallest absolute Gasteiger partial charge is 0.319 e. The van der Waals surface area contributed by atoms with Crippen molar-refractivity contribution in [3.63, 3.8) is 0 Å². The normalized spacial score (nSPS) is 16.5. The molecule has 0 unspecified atom stereocenters. The lowest BCUT2D eigenvalue weighted by Crippen LogP contribution is -2.26. The van der Waals surface area contributed by atoms with E-state index in [1.165, 1.54) is 7.11 Å². The molecule has 0 bridgehead atoms. The van der Waals surface area contributed by atoms with E-state index < -0.39 is 5.41 Å². The van der Waals surface area contributed by atoms with E-state index in [-0.39, 0.29) is 12.6 Å². The van der Waals surface area contributed by atoms with Crippen LogP contribution in [0.25, 0.3) is 11.0 Å². The quantitative estimate of drug-likeness (QED) is 0.840. The first-order chi connectivity index (χ1) is 9.23. The Hall–Kier alpha value is -1.88. The summed E-state index contributed by atoms with van der Waals surface area (Å²) in [5.41, 5.74) is 1.19. The molecule has 0 spiro atoms. The molecule has 3 rings (SSSR count). The number of imidazole rings is 1. The van der Waals surface area contributed by atoms with Gasteiger partial charge in [-0.05, 0) is 25.0 Å². The standard InChI is InChI=1S/C14H16N2O3/c1-19-13(18)14(6-7-14)12-15-10-4-2-3-5-11(10)16(12)8-9-17/h2-5,17H,6-9H2,1H3. The first kappa shape index (κ1) is 12.2. The molecule has 2 aromatic rings. The van der Waals surface area contributed by atoms with Crippen molar-refractivity contribution < 1.29 is 14.6 Å². The van der Waals surface area contributed by atoms with Crippen LogP contribution >= 0.6 is 0 Å². The molecule has 5 nitrogen and oxygen atoms in total. The minimum Gasteiger partial charge on any atom is -0.468 e. The molecule has 1 fully saturated rings. The summed E-state index contributed by atoms with van der Waals surface area (Å²) in [4.78, 5) is 16.6. The van der Waals surface area contributed by atoms with Crippen LogP contribution in [0.4, 0.5) is 0 Å². The zero-order valence-electron chi connectivity index (χ0n) is 10.8. The summed E-state index contributed by atoms with van der Waals surface area (Å²) < 4.78 is 6.84. The van der Waals surface area contributed by atoms with Gasteiger partial charge in [-0.3, -0.25) is 4.79 Å². The fraction of sp³-hybridized carbons (Fsp3) is 0.429. The number of ether oxygens (including phenoxy) is 1. The summed E-state index contributed by atoms with van der Waals surface area (Å²) in [5.74, 6) is 0.483. The maximum atomic E-state index is 12.0. The highest BCUT2D eigenvalue weighted by atomic mass is 16.5. The number of carbonyl (C=O) groups is 1. The van der Waals surface area contributed by atoms with Crippen molar-refractivity contribution in [1.29, 1.82) is 0 Å². The van der Waals surface area contributed by atoms with Crippen molar-refractivity contribution in [2.45, 2.75) is 24.8 Å². The van der Waals surface area contributed by atoms with Crippen LogP contribution in [0.1, 0.15) is 18.7 Å². The van der Waals surface area contributed by atoms with Crippen molar-refractivity contribution in [2.75, 3.05) is 13.7 Å². The first-order valence-corrected chi connectivity index (χ1v) is 6.38. The van der Waals surface area contributed by atoms with Gasteiger partial charge in [0.15, 0.2) is 0 Å². The number of methoxy groups -OCH3 is 1. The number of esters is 1. The van der Waals surface area contributed by atoms with Crippen LogP contribution in [0.2, 0.25) is 0 Å². The molecule has 0 saturated heterocycles. The molecule has 100 valence electrons. The third-order valence-electron chi connectivity index (χ3n) is 3.73. The van der Waals surface area contributed by atoms with Crippen molar-refractivity contribution in [3.8, 4) is 0 Å². The Morgan fingerprint density at radius 2 is 2.21 bits per heavy atom. The monoisotopic (exact) mass is 260 g/mol. The summed E-state index contributed by atoms with van der Waals surface area (Å²) in [5, 5.41) is 9.24. The first-order valence-electron chi connectivity index (χ1n) is 6.38. The number of carbonyl (C=O) groups excluding carboxylic acids is 1. The van der Waals surface area contributed by atoms with E-state index in [1.807, 2.05) is 28.8 Å². The fourth-order valence-corrected chi connectivity index (χ4v) is 2.61. The van der Waals surface area contributed by atoms with E-state index in [0.717, 1.165) is 29.7 Å². The average Bonchev–Trinajstić information content (AvgIpc) is 3.17. The summed E-state index contributed by atoms with van der Waals surface area (Å²) >= 11 is 0. The third-order valence-corrected chi connectivity index (χ3v) is 3.73. The zero-order chi connectivity index (χ0) is 13.5. The summed E-state index contributed by atoms with van der Waals surface area (Å²) in [6.45, 7) is 0.458. The molecule has 1 aliphatic rings. The van der Waals surface area contributed by atoms with Gasteiger partial charge in [0.2, 0.25) is 0 Å². The highest BCUT2D eigenvalue weighted by Crippen LogP contribution is 2.49. The van der Waals surface area contributed by atoms with E-state index in [0.29, 0.717) is 6.54 Å². The van der Waals surface area contributed by atoms with E-state index >= 15 is 0 Å². The lowest BCUT2D eigenvalue weighted by atomic mass is 10.1. The Balaban J connectivity index is 2.18. The molecule has 19 heavy (non-hydrogen) atoms. The number of rotatable bonds is 4. The number of nitrogens with zero attached hydrogens (tertiary/aromatic N) is 2. The Bertz CT molecular complexity index is 629. The molecule has 1 N–H and O–H groups in total. The van der Waals surface area contributed by atoms with Crippen LogP contribution in [0.3, 0.4) is 0 Å². The number of fused-ring (bicyclic) bond motifs is 1. The number of hydrogen-bond acceptors (Lipinski definition) is 4. The molecule has 1 heterocycles. The van der Waals surface area contributed by atoms with E-state index in [9.17, 15) is 9.90 Å². The molecular formula is C14H16N2O3. The molecule has 1 aromatic heterocycles. The van der Waals surface area contributed by atoms with Gasteiger partial charge in [0.25, 0.3) is 0 Å². The second-order valence-electron chi connectivity index (χ2n) is 4.87. The molecule has 0 atom stereocenters. The van der Waals surface area contributed by atoms with Crippen LogP contribution in [-0.2, 0) is 21.5 Å². The number of para-hydroxylation sites is 2. The fourth-order valence-electron chi connectivity index (χ4n) is 2.61. The molecule has 0 amide bonds. The van der Waals surface area contributed by atoms with Gasteiger partial charge < -0.3 is 14.4 Å². The van der Waals surface area contributed by atoms with Gasteiger partial charge in [0.1, 0.15) is 11.2 Å². The largest absolute Gasteiger partial charge is 0.468 e. The number of benzene rings is 1. The molecule has 1 saturated carbocycles.